The fraction of sp³-hybridized carbons (Fsp3) is 0.238. The topological polar surface area (TPSA) is 63.1 Å². The van der Waals surface area contributed by atoms with Crippen molar-refractivity contribution < 1.29 is 9.59 Å². The van der Waals surface area contributed by atoms with Gasteiger partial charge in [-0.1, -0.05) is 48.5 Å². The molecule has 0 aliphatic heterocycles. The highest BCUT2D eigenvalue weighted by atomic mass is 16.2. The maximum Gasteiger partial charge on any atom is 0.267 e. The molecule has 0 atom stereocenters. The highest BCUT2D eigenvalue weighted by Gasteiger charge is 2.12. The van der Waals surface area contributed by atoms with Gasteiger partial charge in [0.05, 0.1) is 0 Å². The summed E-state index contributed by atoms with van der Waals surface area (Å²) in [6, 6.07) is 19.7. The summed E-state index contributed by atoms with van der Waals surface area (Å²) in [5.74, 6) is -0.144. The molecule has 2 aromatic carbocycles. The Morgan fingerprint density at radius 3 is 2.38 bits per heavy atom. The number of para-hydroxylation sites is 1. The van der Waals surface area contributed by atoms with Crippen LogP contribution in [0.1, 0.15) is 22.5 Å². The Bertz CT molecular complexity index is 900. The Balaban J connectivity index is 1.42. The molecular weight excluding hydrogens is 326 g/mol. The van der Waals surface area contributed by atoms with Gasteiger partial charge in [-0.05, 0) is 24.1 Å². The van der Waals surface area contributed by atoms with E-state index >= 15 is 0 Å². The van der Waals surface area contributed by atoms with Gasteiger partial charge < -0.3 is 15.2 Å². The summed E-state index contributed by atoms with van der Waals surface area (Å²) in [5.41, 5.74) is 2.78. The first-order chi connectivity index (χ1) is 12.6. The first-order valence-electron chi connectivity index (χ1n) is 8.78. The van der Waals surface area contributed by atoms with Gasteiger partial charge in [-0.15, -0.1) is 0 Å². The van der Waals surface area contributed by atoms with Crippen molar-refractivity contribution in [2.24, 2.45) is 7.05 Å². The van der Waals surface area contributed by atoms with Crippen LogP contribution in [-0.4, -0.2) is 29.5 Å². The summed E-state index contributed by atoms with van der Waals surface area (Å²) >= 11 is 0. The summed E-state index contributed by atoms with van der Waals surface area (Å²) in [6.07, 6.45) is 1.16. The van der Waals surface area contributed by atoms with Crippen LogP contribution in [0.2, 0.25) is 0 Å². The molecule has 1 heterocycles. The number of nitrogens with zero attached hydrogens (tertiary/aromatic N) is 1. The van der Waals surface area contributed by atoms with Gasteiger partial charge in [0.15, 0.2) is 0 Å². The zero-order valence-corrected chi connectivity index (χ0v) is 14.9. The van der Waals surface area contributed by atoms with Crippen molar-refractivity contribution in [1.29, 1.82) is 0 Å². The van der Waals surface area contributed by atoms with Gasteiger partial charge in [0.1, 0.15) is 5.69 Å². The third-order valence-electron chi connectivity index (χ3n) is 4.40. The Morgan fingerprint density at radius 1 is 0.923 bits per heavy atom. The van der Waals surface area contributed by atoms with Crippen molar-refractivity contribution in [2.75, 3.05) is 13.1 Å². The second kappa shape index (κ2) is 8.34. The lowest BCUT2D eigenvalue weighted by Gasteiger charge is -2.08. The van der Waals surface area contributed by atoms with E-state index in [1.54, 1.807) is 0 Å². The van der Waals surface area contributed by atoms with Crippen LogP contribution in [0, 0.1) is 0 Å². The number of benzene rings is 2. The Morgan fingerprint density at radius 2 is 1.62 bits per heavy atom. The van der Waals surface area contributed by atoms with E-state index in [4.69, 9.17) is 0 Å². The van der Waals surface area contributed by atoms with Crippen molar-refractivity contribution >= 4 is 22.7 Å². The Kier molecular flexibility index (Phi) is 5.69. The second-order valence-electron chi connectivity index (χ2n) is 6.24. The Labute approximate surface area is 153 Å². The van der Waals surface area contributed by atoms with Crippen LogP contribution in [0.25, 0.3) is 10.9 Å². The number of carbonyl (C=O) groups is 2. The zero-order chi connectivity index (χ0) is 18.4. The molecule has 0 aliphatic rings. The highest BCUT2D eigenvalue weighted by molar-refractivity contribution is 5.98. The molecule has 0 saturated carbocycles. The van der Waals surface area contributed by atoms with Crippen molar-refractivity contribution in [2.45, 2.75) is 12.8 Å². The third kappa shape index (κ3) is 4.30. The van der Waals surface area contributed by atoms with Gasteiger partial charge in [0, 0.05) is 37.5 Å². The number of rotatable bonds is 7. The quantitative estimate of drug-likeness (QED) is 0.644. The van der Waals surface area contributed by atoms with Crippen molar-refractivity contribution in [1.82, 2.24) is 15.2 Å². The average molecular weight is 349 g/mol. The number of hydrogen-bond donors (Lipinski definition) is 2. The first-order valence-corrected chi connectivity index (χ1v) is 8.78. The van der Waals surface area contributed by atoms with Gasteiger partial charge in [0.25, 0.3) is 5.91 Å². The molecule has 3 rings (SSSR count). The lowest BCUT2D eigenvalue weighted by molar-refractivity contribution is -0.121. The normalized spacial score (nSPS) is 10.7. The summed E-state index contributed by atoms with van der Waals surface area (Å²) in [4.78, 5) is 24.2. The molecule has 0 saturated heterocycles. The summed E-state index contributed by atoms with van der Waals surface area (Å²) in [6.45, 7) is 0.820. The molecule has 2 amide bonds. The third-order valence-corrected chi connectivity index (χ3v) is 4.40. The fourth-order valence-corrected chi connectivity index (χ4v) is 2.97. The second-order valence-corrected chi connectivity index (χ2v) is 6.24. The fourth-order valence-electron chi connectivity index (χ4n) is 2.97. The molecule has 0 bridgehead atoms. The van der Waals surface area contributed by atoms with E-state index in [-0.39, 0.29) is 11.8 Å². The van der Waals surface area contributed by atoms with E-state index in [0.29, 0.717) is 25.2 Å². The van der Waals surface area contributed by atoms with Crippen LogP contribution in [0.4, 0.5) is 0 Å². The van der Waals surface area contributed by atoms with Crippen molar-refractivity contribution in [3.63, 3.8) is 0 Å². The monoisotopic (exact) mass is 349 g/mol. The van der Waals surface area contributed by atoms with E-state index in [9.17, 15) is 9.59 Å². The number of carbonyl (C=O) groups excluding carboxylic acids is 2. The molecule has 5 heteroatoms. The van der Waals surface area contributed by atoms with Crippen molar-refractivity contribution in [3.8, 4) is 0 Å². The molecule has 0 spiro atoms. The number of aryl methyl sites for hydroxylation is 2. The molecule has 2 N–H and O–H groups in total. The number of amides is 2. The van der Waals surface area contributed by atoms with E-state index in [1.807, 2.05) is 72.3 Å². The minimum absolute atomic E-state index is 0.00675. The minimum Gasteiger partial charge on any atom is -0.354 e. The van der Waals surface area contributed by atoms with Crippen LogP contribution < -0.4 is 10.6 Å². The predicted molar refractivity (Wildman–Crippen MR) is 103 cm³/mol. The number of hydrogen-bond acceptors (Lipinski definition) is 2. The smallest absolute Gasteiger partial charge is 0.267 e. The minimum atomic E-state index is -0.137. The molecule has 0 radical (unpaired) electrons. The summed E-state index contributed by atoms with van der Waals surface area (Å²) in [7, 11) is 1.88. The zero-order valence-electron chi connectivity index (χ0n) is 14.9. The summed E-state index contributed by atoms with van der Waals surface area (Å²) in [5, 5.41) is 6.73. The highest BCUT2D eigenvalue weighted by Crippen LogP contribution is 2.17. The predicted octanol–water partition coefficient (Wildman–Crippen LogP) is 2.66. The lowest BCUT2D eigenvalue weighted by Crippen LogP contribution is -2.35. The van der Waals surface area contributed by atoms with Gasteiger partial charge >= 0.3 is 0 Å². The van der Waals surface area contributed by atoms with Crippen LogP contribution >= 0.6 is 0 Å². The maximum atomic E-state index is 12.3. The van der Waals surface area contributed by atoms with E-state index < -0.39 is 0 Å². The van der Waals surface area contributed by atoms with Crippen LogP contribution in [0.15, 0.2) is 60.7 Å². The molecular formula is C21H23N3O2. The standard InChI is InChI=1S/C21H23N3O2/c1-24-18-10-6-5-9-17(18)15-19(24)21(26)23-14-13-22-20(25)12-11-16-7-3-2-4-8-16/h2-10,15H,11-14H2,1H3,(H,22,25)(H,23,26). The molecule has 26 heavy (non-hydrogen) atoms. The average Bonchev–Trinajstić information content (AvgIpc) is 3.01. The molecule has 0 fully saturated rings. The Hall–Kier alpha value is -3.08. The van der Waals surface area contributed by atoms with E-state index in [1.165, 1.54) is 0 Å². The SMILES string of the molecule is Cn1c(C(=O)NCCNC(=O)CCc2ccccc2)cc2ccccc21. The van der Waals surface area contributed by atoms with Crippen molar-refractivity contribution in [3.05, 3.63) is 71.9 Å². The van der Waals surface area contributed by atoms with Crippen LogP contribution in [-0.2, 0) is 18.3 Å². The number of aromatic nitrogens is 1. The van der Waals surface area contributed by atoms with Gasteiger partial charge in [-0.3, -0.25) is 9.59 Å². The van der Waals surface area contributed by atoms with E-state index in [2.05, 4.69) is 10.6 Å². The lowest BCUT2D eigenvalue weighted by atomic mass is 10.1. The molecule has 3 aromatic rings. The maximum absolute atomic E-state index is 12.3. The molecule has 0 unspecified atom stereocenters. The van der Waals surface area contributed by atoms with E-state index in [0.717, 1.165) is 22.9 Å². The molecule has 134 valence electrons. The molecule has 1 aromatic heterocycles. The molecule has 0 aliphatic carbocycles. The summed E-state index contributed by atoms with van der Waals surface area (Å²) < 4.78 is 1.88. The van der Waals surface area contributed by atoms with Gasteiger partial charge in [-0.2, -0.15) is 0 Å². The first kappa shape index (κ1) is 17.7. The number of nitrogens with one attached hydrogen (secondary N) is 2. The van der Waals surface area contributed by atoms with Gasteiger partial charge in [0.2, 0.25) is 5.91 Å². The number of fused-ring (bicyclic) bond motifs is 1. The van der Waals surface area contributed by atoms with Crippen LogP contribution in [0.3, 0.4) is 0 Å². The molecule has 5 nitrogen and oxygen atoms in total. The van der Waals surface area contributed by atoms with Crippen LogP contribution in [0.5, 0.6) is 0 Å². The van der Waals surface area contributed by atoms with Gasteiger partial charge in [-0.25, -0.2) is 0 Å². The largest absolute Gasteiger partial charge is 0.354 e.